The third-order valence-electron chi connectivity index (χ3n) is 5.07. The summed E-state index contributed by atoms with van der Waals surface area (Å²) in [5.74, 6) is 2.45. The van der Waals surface area contributed by atoms with E-state index in [9.17, 15) is 0 Å². The molecule has 0 radical (unpaired) electrons. The molecule has 0 spiro atoms. The molecule has 2 fully saturated rings. The maximum absolute atomic E-state index is 6.32. The van der Waals surface area contributed by atoms with E-state index in [4.69, 9.17) is 9.26 Å². The summed E-state index contributed by atoms with van der Waals surface area (Å²) in [5.41, 5.74) is 0. The highest BCUT2D eigenvalue weighted by atomic mass is 16.5. The number of aryl methyl sites for hydroxylation is 1. The highest BCUT2D eigenvalue weighted by Crippen LogP contribution is 2.28. The van der Waals surface area contributed by atoms with Crippen LogP contribution in [-0.4, -0.2) is 40.3 Å². The van der Waals surface area contributed by atoms with Gasteiger partial charge < -0.3 is 9.26 Å². The minimum absolute atomic E-state index is 0.448. The predicted molar refractivity (Wildman–Crippen MR) is 84.5 cm³/mol. The quantitative estimate of drug-likeness (QED) is 0.836. The molecule has 0 N–H and O–H groups in total. The van der Waals surface area contributed by atoms with Gasteiger partial charge in [0.2, 0.25) is 5.89 Å². The van der Waals surface area contributed by atoms with Crippen molar-refractivity contribution >= 4 is 0 Å². The van der Waals surface area contributed by atoms with Crippen LogP contribution in [0.2, 0.25) is 0 Å². The van der Waals surface area contributed by atoms with Gasteiger partial charge in [-0.1, -0.05) is 19.0 Å². The molecule has 1 saturated carbocycles. The second-order valence-corrected chi connectivity index (χ2v) is 6.95. The monoisotopic (exact) mass is 307 g/mol. The minimum atomic E-state index is 0.448. The number of nitrogens with zero attached hydrogens (tertiary/aromatic N) is 3. The highest BCUT2D eigenvalue weighted by Gasteiger charge is 2.26. The van der Waals surface area contributed by atoms with E-state index in [1.807, 2.05) is 6.92 Å². The number of rotatable bonds is 5. The zero-order valence-corrected chi connectivity index (χ0v) is 14.0. The van der Waals surface area contributed by atoms with E-state index >= 15 is 0 Å². The molecular formula is C17H29N3O2. The number of hydrogen-bond acceptors (Lipinski definition) is 5. The van der Waals surface area contributed by atoms with Crippen LogP contribution in [0.3, 0.4) is 0 Å². The molecule has 1 saturated heterocycles. The van der Waals surface area contributed by atoms with E-state index in [1.54, 1.807) is 0 Å². The summed E-state index contributed by atoms with van der Waals surface area (Å²) in [6, 6.07) is 0. The molecule has 22 heavy (non-hydrogen) atoms. The topological polar surface area (TPSA) is 51.4 Å². The first kappa shape index (κ1) is 15.9. The minimum Gasteiger partial charge on any atom is -0.375 e. The van der Waals surface area contributed by atoms with Crippen molar-refractivity contribution in [3.63, 3.8) is 0 Å². The summed E-state index contributed by atoms with van der Waals surface area (Å²) < 4.78 is 11.6. The van der Waals surface area contributed by atoms with Gasteiger partial charge in [0.1, 0.15) is 0 Å². The average molecular weight is 307 g/mol. The van der Waals surface area contributed by atoms with Crippen molar-refractivity contribution in [2.45, 2.75) is 77.5 Å². The fraction of sp³-hybridized carbons (Fsp3) is 0.882. The maximum atomic E-state index is 6.32. The molecule has 0 unspecified atom stereocenters. The van der Waals surface area contributed by atoms with Gasteiger partial charge in [-0.05, 0) is 44.4 Å². The lowest BCUT2D eigenvalue weighted by Gasteiger charge is -2.35. The van der Waals surface area contributed by atoms with Crippen LogP contribution in [0.15, 0.2) is 4.52 Å². The largest absolute Gasteiger partial charge is 0.375 e. The van der Waals surface area contributed by atoms with E-state index in [2.05, 4.69) is 22.0 Å². The van der Waals surface area contributed by atoms with Crippen LogP contribution in [0, 0.1) is 5.92 Å². The van der Waals surface area contributed by atoms with Gasteiger partial charge >= 0.3 is 0 Å². The fourth-order valence-corrected chi connectivity index (χ4v) is 3.53. The Morgan fingerprint density at radius 1 is 1.09 bits per heavy atom. The second-order valence-electron chi connectivity index (χ2n) is 6.95. The van der Waals surface area contributed by atoms with E-state index < -0.39 is 0 Å². The smallest absolute Gasteiger partial charge is 0.240 e. The van der Waals surface area contributed by atoms with E-state index in [1.165, 1.54) is 25.7 Å². The van der Waals surface area contributed by atoms with Gasteiger partial charge in [-0.2, -0.15) is 4.98 Å². The highest BCUT2D eigenvalue weighted by molar-refractivity contribution is 4.87. The first-order chi connectivity index (χ1) is 10.7. The van der Waals surface area contributed by atoms with Crippen LogP contribution < -0.4 is 0 Å². The normalized spacial score (nSPS) is 28.1. The molecule has 2 heterocycles. The van der Waals surface area contributed by atoms with Crippen molar-refractivity contribution in [3.05, 3.63) is 11.7 Å². The van der Waals surface area contributed by atoms with Gasteiger partial charge in [0.15, 0.2) is 5.82 Å². The third kappa shape index (κ3) is 4.29. The molecule has 1 aliphatic carbocycles. The van der Waals surface area contributed by atoms with Gasteiger partial charge in [0.25, 0.3) is 0 Å². The summed E-state index contributed by atoms with van der Waals surface area (Å²) >= 11 is 0. The van der Waals surface area contributed by atoms with Gasteiger partial charge in [-0.15, -0.1) is 0 Å². The number of likely N-dealkylation sites (tertiary alicyclic amines) is 1. The lowest BCUT2D eigenvalue weighted by molar-refractivity contribution is -0.0615. The van der Waals surface area contributed by atoms with Crippen molar-refractivity contribution < 1.29 is 9.26 Å². The Kier molecular flexibility index (Phi) is 5.47. The first-order valence-electron chi connectivity index (χ1n) is 8.92. The van der Waals surface area contributed by atoms with Crippen LogP contribution in [0.1, 0.15) is 64.1 Å². The number of piperidine rings is 1. The first-order valence-corrected chi connectivity index (χ1v) is 8.92. The van der Waals surface area contributed by atoms with Crippen LogP contribution in [0.5, 0.6) is 0 Å². The fourth-order valence-electron chi connectivity index (χ4n) is 3.53. The summed E-state index contributed by atoms with van der Waals surface area (Å²) in [6.45, 7) is 7.32. The molecule has 124 valence electrons. The van der Waals surface area contributed by atoms with Crippen molar-refractivity contribution in [1.29, 1.82) is 0 Å². The maximum Gasteiger partial charge on any atom is 0.240 e. The van der Waals surface area contributed by atoms with Crippen molar-refractivity contribution in [3.8, 4) is 0 Å². The molecule has 0 aromatic carbocycles. The lowest BCUT2D eigenvalue weighted by atomic mass is 9.88. The number of ether oxygens (including phenoxy) is 1. The number of aromatic nitrogens is 2. The molecule has 2 aliphatic rings. The van der Waals surface area contributed by atoms with Crippen LogP contribution >= 0.6 is 0 Å². The predicted octanol–water partition coefficient (Wildman–Crippen LogP) is 3.19. The molecule has 5 nitrogen and oxygen atoms in total. The molecule has 1 aromatic heterocycles. The van der Waals surface area contributed by atoms with E-state index in [-0.39, 0.29) is 0 Å². The summed E-state index contributed by atoms with van der Waals surface area (Å²) in [7, 11) is 0. The van der Waals surface area contributed by atoms with Gasteiger partial charge in [-0.25, -0.2) is 0 Å². The molecule has 0 atom stereocenters. The Bertz CT molecular complexity index is 447. The van der Waals surface area contributed by atoms with Gasteiger partial charge in [0.05, 0.1) is 18.8 Å². The second kappa shape index (κ2) is 7.55. The molecule has 1 aromatic rings. The van der Waals surface area contributed by atoms with E-state index in [0.717, 1.165) is 56.5 Å². The third-order valence-corrected chi connectivity index (χ3v) is 5.07. The Labute approximate surface area is 133 Å². The lowest BCUT2D eigenvalue weighted by Crippen LogP contribution is -2.38. The molecule has 5 heteroatoms. The summed E-state index contributed by atoms with van der Waals surface area (Å²) in [6.07, 6.45) is 9.22. The molecule has 1 aliphatic heterocycles. The number of hydrogen-bond donors (Lipinski definition) is 0. The van der Waals surface area contributed by atoms with Crippen molar-refractivity contribution in [1.82, 2.24) is 15.0 Å². The Morgan fingerprint density at radius 3 is 2.41 bits per heavy atom. The van der Waals surface area contributed by atoms with Crippen molar-refractivity contribution in [2.75, 3.05) is 13.1 Å². The van der Waals surface area contributed by atoms with Crippen molar-refractivity contribution in [2.24, 2.45) is 5.92 Å². The molecule has 0 bridgehead atoms. The Hall–Kier alpha value is -0.940. The molecule has 0 amide bonds. The van der Waals surface area contributed by atoms with Gasteiger partial charge in [-0.3, -0.25) is 4.90 Å². The van der Waals surface area contributed by atoms with Crippen LogP contribution in [0.25, 0.3) is 0 Å². The molecular weight excluding hydrogens is 278 g/mol. The van der Waals surface area contributed by atoms with Crippen LogP contribution in [0.4, 0.5) is 0 Å². The van der Waals surface area contributed by atoms with Gasteiger partial charge in [0, 0.05) is 19.5 Å². The summed E-state index contributed by atoms with van der Waals surface area (Å²) in [4.78, 5) is 6.79. The standard InChI is InChI=1S/C17H29N3O2/c1-3-16-18-17(22-19-16)12-20-10-8-15(9-11-20)21-14-6-4-13(2)5-7-14/h13-15H,3-12H2,1-2H3. The van der Waals surface area contributed by atoms with E-state index in [0.29, 0.717) is 12.2 Å². The zero-order chi connectivity index (χ0) is 15.4. The zero-order valence-electron chi connectivity index (χ0n) is 14.0. The SMILES string of the molecule is CCc1noc(CN2CCC(OC3CCC(C)CC3)CC2)n1. The average Bonchev–Trinajstić information content (AvgIpc) is 2.99. The molecule has 3 rings (SSSR count). The summed E-state index contributed by atoms with van der Waals surface area (Å²) in [5, 5.41) is 3.96. The Balaban J connectivity index is 1.38. The Morgan fingerprint density at radius 2 is 1.77 bits per heavy atom. The van der Waals surface area contributed by atoms with Crippen LogP contribution in [-0.2, 0) is 17.7 Å².